The second-order valence-corrected chi connectivity index (χ2v) is 3.53. The molecule has 0 saturated heterocycles. The number of carboxylic acids is 1. The number of nitrogens with zero attached hydrogens (tertiary/aromatic N) is 1. The molecule has 0 bridgehead atoms. The van der Waals surface area contributed by atoms with Crippen LogP contribution in [0, 0.1) is 0 Å². The topological polar surface area (TPSA) is 75.4 Å². The predicted octanol–water partition coefficient (Wildman–Crippen LogP) is 1.66. The number of aromatic carboxylic acids is 1. The van der Waals surface area contributed by atoms with Gasteiger partial charge in [0, 0.05) is 12.7 Å². The van der Waals surface area contributed by atoms with Gasteiger partial charge in [-0.3, -0.25) is 4.98 Å². The van der Waals surface area contributed by atoms with E-state index in [1.54, 1.807) is 18.4 Å². The van der Waals surface area contributed by atoms with E-state index in [4.69, 9.17) is 9.52 Å². The lowest BCUT2D eigenvalue weighted by atomic mass is 10.2. The van der Waals surface area contributed by atoms with Gasteiger partial charge in [0.05, 0.1) is 24.1 Å². The number of hydrogen-bond donors (Lipinski definition) is 2. The third-order valence-corrected chi connectivity index (χ3v) is 2.26. The SMILES string of the molecule is O=C(O)c1ccc(CNCc2ccco2)nc1. The van der Waals surface area contributed by atoms with Crippen LogP contribution in [0.25, 0.3) is 0 Å². The molecule has 2 rings (SSSR count). The van der Waals surface area contributed by atoms with E-state index >= 15 is 0 Å². The van der Waals surface area contributed by atoms with Gasteiger partial charge in [0.25, 0.3) is 0 Å². The Labute approximate surface area is 98.1 Å². The normalized spacial score (nSPS) is 10.4. The van der Waals surface area contributed by atoms with E-state index in [1.807, 2.05) is 12.1 Å². The zero-order valence-corrected chi connectivity index (χ0v) is 9.09. The van der Waals surface area contributed by atoms with Crippen molar-refractivity contribution >= 4 is 5.97 Å². The van der Waals surface area contributed by atoms with E-state index < -0.39 is 5.97 Å². The van der Waals surface area contributed by atoms with Crippen LogP contribution in [-0.2, 0) is 13.1 Å². The first-order valence-corrected chi connectivity index (χ1v) is 5.17. The Balaban J connectivity index is 1.85. The predicted molar refractivity (Wildman–Crippen MR) is 60.4 cm³/mol. The first-order chi connectivity index (χ1) is 8.25. The molecule has 0 fully saturated rings. The summed E-state index contributed by atoms with van der Waals surface area (Å²) in [6.45, 7) is 1.19. The summed E-state index contributed by atoms with van der Waals surface area (Å²) in [6.07, 6.45) is 2.98. The lowest BCUT2D eigenvalue weighted by Crippen LogP contribution is -2.13. The summed E-state index contributed by atoms with van der Waals surface area (Å²) < 4.78 is 5.16. The van der Waals surface area contributed by atoms with Gasteiger partial charge in [-0.1, -0.05) is 0 Å². The van der Waals surface area contributed by atoms with Crippen molar-refractivity contribution in [2.45, 2.75) is 13.1 Å². The minimum Gasteiger partial charge on any atom is -0.478 e. The van der Waals surface area contributed by atoms with Gasteiger partial charge in [0.1, 0.15) is 5.76 Å². The van der Waals surface area contributed by atoms with Crippen molar-refractivity contribution in [2.24, 2.45) is 0 Å². The molecule has 0 radical (unpaired) electrons. The van der Waals surface area contributed by atoms with Crippen LogP contribution in [0.4, 0.5) is 0 Å². The van der Waals surface area contributed by atoms with Crippen LogP contribution in [-0.4, -0.2) is 16.1 Å². The highest BCUT2D eigenvalue weighted by Gasteiger charge is 2.02. The summed E-state index contributed by atoms with van der Waals surface area (Å²) in [4.78, 5) is 14.7. The van der Waals surface area contributed by atoms with Crippen molar-refractivity contribution in [3.05, 3.63) is 53.7 Å². The van der Waals surface area contributed by atoms with E-state index in [0.29, 0.717) is 13.1 Å². The van der Waals surface area contributed by atoms with Crippen molar-refractivity contribution < 1.29 is 14.3 Å². The van der Waals surface area contributed by atoms with Gasteiger partial charge in [-0.15, -0.1) is 0 Å². The van der Waals surface area contributed by atoms with Crippen molar-refractivity contribution in [1.29, 1.82) is 0 Å². The number of rotatable bonds is 5. The maximum absolute atomic E-state index is 10.6. The van der Waals surface area contributed by atoms with E-state index in [9.17, 15) is 4.79 Å². The van der Waals surface area contributed by atoms with Crippen LogP contribution in [0.2, 0.25) is 0 Å². The fourth-order valence-corrected chi connectivity index (χ4v) is 1.38. The van der Waals surface area contributed by atoms with Crippen LogP contribution in [0.5, 0.6) is 0 Å². The maximum atomic E-state index is 10.6. The molecular formula is C12H12N2O3. The third-order valence-electron chi connectivity index (χ3n) is 2.26. The standard InChI is InChI=1S/C12H12N2O3/c15-12(16)9-3-4-10(14-6-9)7-13-8-11-2-1-5-17-11/h1-6,13H,7-8H2,(H,15,16). The quantitative estimate of drug-likeness (QED) is 0.820. The Morgan fingerprint density at radius 2 is 2.24 bits per heavy atom. The maximum Gasteiger partial charge on any atom is 0.337 e. The Morgan fingerprint density at radius 3 is 2.82 bits per heavy atom. The van der Waals surface area contributed by atoms with E-state index in [-0.39, 0.29) is 5.56 Å². The Morgan fingerprint density at radius 1 is 1.35 bits per heavy atom. The fraction of sp³-hybridized carbons (Fsp3) is 0.167. The van der Waals surface area contributed by atoms with Crippen LogP contribution in [0.15, 0.2) is 41.1 Å². The van der Waals surface area contributed by atoms with Crippen molar-refractivity contribution in [2.75, 3.05) is 0 Å². The lowest BCUT2D eigenvalue weighted by Gasteiger charge is -2.02. The van der Waals surface area contributed by atoms with Gasteiger partial charge < -0.3 is 14.8 Å². The minimum atomic E-state index is -0.965. The molecule has 0 aliphatic heterocycles. The molecule has 2 aromatic rings. The van der Waals surface area contributed by atoms with Crippen LogP contribution in [0.3, 0.4) is 0 Å². The fourth-order valence-electron chi connectivity index (χ4n) is 1.38. The molecule has 88 valence electrons. The van der Waals surface area contributed by atoms with Crippen LogP contribution in [0.1, 0.15) is 21.8 Å². The zero-order valence-electron chi connectivity index (χ0n) is 9.09. The largest absolute Gasteiger partial charge is 0.478 e. The number of carboxylic acid groups (broad SMARTS) is 1. The van der Waals surface area contributed by atoms with E-state index in [1.165, 1.54) is 6.20 Å². The summed E-state index contributed by atoms with van der Waals surface area (Å²) >= 11 is 0. The molecule has 0 aliphatic rings. The molecule has 5 heteroatoms. The average molecular weight is 232 g/mol. The summed E-state index contributed by atoms with van der Waals surface area (Å²) in [5.74, 6) is -0.111. The molecule has 0 spiro atoms. The summed E-state index contributed by atoms with van der Waals surface area (Å²) in [5, 5.41) is 11.9. The second-order valence-electron chi connectivity index (χ2n) is 3.53. The average Bonchev–Trinajstić information content (AvgIpc) is 2.83. The Bertz CT molecular complexity index is 477. The summed E-state index contributed by atoms with van der Waals surface area (Å²) in [7, 11) is 0. The van der Waals surface area contributed by atoms with Crippen molar-refractivity contribution in [3.8, 4) is 0 Å². The van der Waals surface area contributed by atoms with E-state index in [0.717, 1.165) is 11.5 Å². The molecule has 2 N–H and O–H groups in total. The molecule has 0 saturated carbocycles. The highest BCUT2D eigenvalue weighted by atomic mass is 16.4. The molecular weight excluding hydrogens is 220 g/mol. The highest BCUT2D eigenvalue weighted by Crippen LogP contribution is 2.02. The van der Waals surface area contributed by atoms with Gasteiger partial charge in [-0.25, -0.2) is 4.79 Å². The third kappa shape index (κ3) is 3.15. The smallest absolute Gasteiger partial charge is 0.337 e. The molecule has 0 atom stereocenters. The highest BCUT2D eigenvalue weighted by molar-refractivity contribution is 5.87. The number of furan rings is 1. The molecule has 0 aliphatic carbocycles. The molecule has 0 aromatic carbocycles. The van der Waals surface area contributed by atoms with Gasteiger partial charge in [0.15, 0.2) is 0 Å². The number of hydrogen-bond acceptors (Lipinski definition) is 4. The number of aromatic nitrogens is 1. The van der Waals surface area contributed by atoms with Crippen molar-refractivity contribution in [3.63, 3.8) is 0 Å². The molecule has 2 heterocycles. The molecule has 0 unspecified atom stereocenters. The van der Waals surface area contributed by atoms with Crippen molar-refractivity contribution in [1.82, 2.24) is 10.3 Å². The second kappa shape index (κ2) is 5.27. The number of carbonyl (C=O) groups is 1. The number of nitrogens with one attached hydrogen (secondary N) is 1. The first kappa shape index (κ1) is 11.3. The molecule has 17 heavy (non-hydrogen) atoms. The molecule has 2 aromatic heterocycles. The van der Waals surface area contributed by atoms with Gasteiger partial charge >= 0.3 is 5.97 Å². The lowest BCUT2D eigenvalue weighted by molar-refractivity contribution is 0.0696. The van der Waals surface area contributed by atoms with E-state index in [2.05, 4.69) is 10.3 Å². The van der Waals surface area contributed by atoms with Crippen LogP contribution >= 0.6 is 0 Å². The van der Waals surface area contributed by atoms with Gasteiger partial charge in [-0.05, 0) is 24.3 Å². The Kier molecular flexibility index (Phi) is 3.52. The molecule has 5 nitrogen and oxygen atoms in total. The minimum absolute atomic E-state index is 0.194. The Hall–Kier alpha value is -2.14. The van der Waals surface area contributed by atoms with Gasteiger partial charge in [0.2, 0.25) is 0 Å². The summed E-state index contributed by atoms with van der Waals surface area (Å²) in [5.41, 5.74) is 0.987. The zero-order chi connectivity index (χ0) is 12.1. The first-order valence-electron chi connectivity index (χ1n) is 5.17. The summed E-state index contributed by atoms with van der Waals surface area (Å²) in [6, 6.07) is 6.95. The van der Waals surface area contributed by atoms with Crippen LogP contribution < -0.4 is 5.32 Å². The molecule has 0 amide bonds. The number of pyridine rings is 1. The van der Waals surface area contributed by atoms with Gasteiger partial charge in [-0.2, -0.15) is 0 Å². The monoisotopic (exact) mass is 232 g/mol.